The molecule has 4 heteroatoms. The lowest BCUT2D eigenvalue weighted by Crippen LogP contribution is -2.43. The molecule has 2 N–H and O–H groups in total. The number of carboxylic acids is 1. The number of rotatable bonds is 4. The van der Waals surface area contributed by atoms with Gasteiger partial charge in [-0.15, -0.1) is 0 Å². The van der Waals surface area contributed by atoms with Crippen molar-refractivity contribution in [1.82, 2.24) is 5.32 Å². The van der Waals surface area contributed by atoms with Crippen LogP contribution in [0.1, 0.15) is 24.8 Å². The van der Waals surface area contributed by atoms with Crippen molar-refractivity contribution in [2.45, 2.75) is 31.8 Å². The van der Waals surface area contributed by atoms with E-state index in [4.69, 9.17) is 0 Å². The third-order valence-corrected chi connectivity index (χ3v) is 4.66. The highest BCUT2D eigenvalue weighted by molar-refractivity contribution is 5.72. The molecule has 3 rings (SSSR count). The van der Waals surface area contributed by atoms with Crippen LogP contribution >= 0.6 is 0 Å². The molecule has 1 aromatic carbocycles. The Morgan fingerprint density at radius 3 is 2.63 bits per heavy atom. The lowest BCUT2D eigenvalue weighted by Gasteiger charge is -2.29. The molecule has 2 aliphatic rings. The summed E-state index contributed by atoms with van der Waals surface area (Å²) in [6.07, 6.45) is 3.23. The first-order chi connectivity index (χ1) is 9.15. The molecule has 3 nitrogen and oxygen atoms in total. The van der Waals surface area contributed by atoms with Gasteiger partial charge in [-0.05, 0) is 48.8 Å². The summed E-state index contributed by atoms with van der Waals surface area (Å²) in [6.45, 7) is 0.609. The van der Waals surface area contributed by atoms with Gasteiger partial charge in [0.2, 0.25) is 0 Å². The highest BCUT2D eigenvalue weighted by atomic mass is 19.1. The summed E-state index contributed by atoms with van der Waals surface area (Å²) < 4.78 is 12.8. The fourth-order valence-electron chi connectivity index (χ4n) is 3.78. The summed E-state index contributed by atoms with van der Waals surface area (Å²) in [6, 6.07) is 6.43. The van der Waals surface area contributed by atoms with Crippen molar-refractivity contribution in [3.63, 3.8) is 0 Å². The van der Waals surface area contributed by atoms with Crippen LogP contribution in [0.4, 0.5) is 4.39 Å². The molecule has 2 unspecified atom stereocenters. The van der Waals surface area contributed by atoms with Gasteiger partial charge in [-0.3, -0.25) is 4.79 Å². The topological polar surface area (TPSA) is 49.3 Å². The minimum absolute atomic E-state index is 0.0707. The van der Waals surface area contributed by atoms with Crippen LogP contribution in [0.3, 0.4) is 0 Å². The van der Waals surface area contributed by atoms with E-state index in [2.05, 4.69) is 5.32 Å². The largest absolute Gasteiger partial charge is 0.481 e. The number of nitrogens with one attached hydrogen (secondary N) is 1. The molecule has 2 aliphatic carbocycles. The highest BCUT2D eigenvalue weighted by Crippen LogP contribution is 2.48. The van der Waals surface area contributed by atoms with Gasteiger partial charge >= 0.3 is 5.97 Å². The molecule has 0 aromatic heterocycles. The average molecular weight is 263 g/mol. The Balaban J connectivity index is 1.65. The number of benzene rings is 1. The van der Waals surface area contributed by atoms with Crippen LogP contribution in [0.2, 0.25) is 0 Å². The van der Waals surface area contributed by atoms with Gasteiger partial charge in [0.1, 0.15) is 5.82 Å². The maximum Gasteiger partial charge on any atom is 0.308 e. The lowest BCUT2D eigenvalue weighted by molar-refractivity contribution is -0.144. The molecular weight excluding hydrogens is 245 g/mol. The number of halogens is 1. The van der Waals surface area contributed by atoms with Gasteiger partial charge in [0.05, 0.1) is 5.92 Å². The van der Waals surface area contributed by atoms with E-state index < -0.39 is 5.97 Å². The van der Waals surface area contributed by atoms with Crippen molar-refractivity contribution in [3.05, 3.63) is 35.6 Å². The average Bonchev–Trinajstić information content (AvgIpc) is 2.98. The summed E-state index contributed by atoms with van der Waals surface area (Å²) in [5.74, 6) is -0.338. The van der Waals surface area contributed by atoms with E-state index in [-0.39, 0.29) is 17.8 Å². The molecule has 0 heterocycles. The molecule has 0 spiro atoms. The van der Waals surface area contributed by atoms with E-state index in [0.717, 1.165) is 24.8 Å². The van der Waals surface area contributed by atoms with Gasteiger partial charge in [-0.1, -0.05) is 12.1 Å². The predicted molar refractivity (Wildman–Crippen MR) is 69.0 cm³/mol. The van der Waals surface area contributed by atoms with Crippen molar-refractivity contribution in [2.24, 2.45) is 17.8 Å². The van der Waals surface area contributed by atoms with Crippen molar-refractivity contribution in [1.29, 1.82) is 0 Å². The Kier molecular flexibility index (Phi) is 3.27. The van der Waals surface area contributed by atoms with Gasteiger partial charge in [0.25, 0.3) is 0 Å². The van der Waals surface area contributed by atoms with E-state index in [1.807, 2.05) is 0 Å². The normalized spacial score (nSPS) is 32.7. The number of hydrogen-bond acceptors (Lipinski definition) is 2. The third kappa shape index (κ3) is 2.37. The Morgan fingerprint density at radius 2 is 1.95 bits per heavy atom. The quantitative estimate of drug-likeness (QED) is 0.877. The fraction of sp³-hybridized carbons (Fsp3) is 0.533. The van der Waals surface area contributed by atoms with Crippen LogP contribution < -0.4 is 5.32 Å². The van der Waals surface area contributed by atoms with E-state index >= 15 is 0 Å². The second kappa shape index (κ2) is 4.93. The number of hydrogen-bond donors (Lipinski definition) is 2. The molecule has 0 radical (unpaired) electrons. The van der Waals surface area contributed by atoms with Crippen molar-refractivity contribution >= 4 is 5.97 Å². The second-order valence-corrected chi connectivity index (χ2v) is 5.73. The van der Waals surface area contributed by atoms with E-state index in [1.54, 1.807) is 12.1 Å². The summed E-state index contributed by atoms with van der Waals surface area (Å²) in [5, 5.41) is 12.7. The van der Waals surface area contributed by atoms with Crippen LogP contribution in [0, 0.1) is 23.6 Å². The van der Waals surface area contributed by atoms with Crippen molar-refractivity contribution in [2.75, 3.05) is 0 Å². The van der Waals surface area contributed by atoms with Gasteiger partial charge in [-0.2, -0.15) is 0 Å². The molecule has 102 valence electrons. The van der Waals surface area contributed by atoms with E-state index in [0.29, 0.717) is 18.4 Å². The standard InChI is InChI=1S/C15H18FNO2/c16-12-5-1-9(2-6-12)8-17-14-11-4-3-10(7-11)13(14)15(18)19/h1-2,5-6,10-11,13-14,17H,3-4,7-8H2,(H,18,19)/t10?,11-,13?,14-/m1/s1. The van der Waals surface area contributed by atoms with Crippen LogP contribution in [0.25, 0.3) is 0 Å². The van der Waals surface area contributed by atoms with Crippen LogP contribution in [0.15, 0.2) is 24.3 Å². The maximum absolute atomic E-state index is 12.8. The van der Waals surface area contributed by atoms with Crippen LogP contribution in [-0.2, 0) is 11.3 Å². The zero-order valence-electron chi connectivity index (χ0n) is 10.7. The maximum atomic E-state index is 12.8. The Morgan fingerprint density at radius 1 is 1.26 bits per heavy atom. The van der Waals surface area contributed by atoms with Gasteiger partial charge in [0.15, 0.2) is 0 Å². The van der Waals surface area contributed by atoms with Crippen LogP contribution in [0.5, 0.6) is 0 Å². The van der Waals surface area contributed by atoms with Gasteiger partial charge < -0.3 is 10.4 Å². The van der Waals surface area contributed by atoms with Crippen molar-refractivity contribution in [3.8, 4) is 0 Å². The predicted octanol–water partition coefficient (Wildman–Crippen LogP) is 2.41. The number of fused-ring (bicyclic) bond motifs is 2. The summed E-state index contributed by atoms with van der Waals surface area (Å²) in [5.41, 5.74) is 0.994. The first kappa shape index (κ1) is 12.6. The molecule has 2 saturated carbocycles. The molecule has 1 aromatic rings. The fourth-order valence-corrected chi connectivity index (χ4v) is 3.78. The number of carbonyl (C=O) groups is 1. The van der Waals surface area contributed by atoms with Crippen molar-refractivity contribution < 1.29 is 14.3 Å². The Labute approximate surface area is 111 Å². The molecular formula is C15H18FNO2. The molecule has 2 fully saturated rings. The summed E-state index contributed by atoms with van der Waals surface area (Å²) >= 11 is 0. The minimum Gasteiger partial charge on any atom is -0.481 e. The molecule has 0 saturated heterocycles. The smallest absolute Gasteiger partial charge is 0.308 e. The summed E-state index contributed by atoms with van der Waals surface area (Å²) in [4.78, 5) is 11.4. The van der Waals surface area contributed by atoms with Gasteiger partial charge in [-0.25, -0.2) is 4.39 Å². The number of carboxylic acid groups (broad SMARTS) is 1. The van der Waals surface area contributed by atoms with E-state index in [9.17, 15) is 14.3 Å². The molecule has 0 amide bonds. The monoisotopic (exact) mass is 263 g/mol. The van der Waals surface area contributed by atoms with Crippen LogP contribution in [-0.4, -0.2) is 17.1 Å². The molecule has 2 bridgehead atoms. The zero-order valence-corrected chi connectivity index (χ0v) is 10.7. The Hall–Kier alpha value is -1.42. The number of aliphatic carboxylic acids is 1. The minimum atomic E-state index is -0.677. The lowest BCUT2D eigenvalue weighted by atomic mass is 9.84. The van der Waals surface area contributed by atoms with Gasteiger partial charge in [0, 0.05) is 12.6 Å². The summed E-state index contributed by atoms with van der Waals surface area (Å²) in [7, 11) is 0. The highest BCUT2D eigenvalue weighted by Gasteiger charge is 2.50. The molecule has 4 atom stereocenters. The molecule has 19 heavy (non-hydrogen) atoms. The first-order valence-corrected chi connectivity index (χ1v) is 6.86. The molecule has 0 aliphatic heterocycles. The second-order valence-electron chi connectivity index (χ2n) is 5.73. The van der Waals surface area contributed by atoms with E-state index in [1.165, 1.54) is 12.1 Å². The SMILES string of the molecule is O=C(O)C1C2CC[C@H](C2)[C@H]1NCc1ccc(F)cc1. The zero-order chi connectivity index (χ0) is 13.4. The Bertz CT molecular complexity index is 474. The first-order valence-electron chi connectivity index (χ1n) is 6.86. The third-order valence-electron chi connectivity index (χ3n) is 4.66.